The van der Waals surface area contributed by atoms with Gasteiger partial charge < -0.3 is 36.9 Å². The predicted octanol–water partition coefficient (Wildman–Crippen LogP) is 2.65. The number of nitrogen functional groups attached to an aromatic ring is 1. The van der Waals surface area contributed by atoms with Gasteiger partial charge in [-0.05, 0) is 60.7 Å². The molecule has 3 aliphatic rings. The van der Waals surface area contributed by atoms with Crippen LogP contribution in [0.4, 0.5) is 5.69 Å². The maximum Gasteiger partial charge on any atom is 0.262 e. The van der Waals surface area contributed by atoms with Gasteiger partial charge in [-0.15, -0.1) is 11.3 Å². The summed E-state index contributed by atoms with van der Waals surface area (Å²) in [6.45, 7) is 7.67. The number of nitrogens with two attached hydrogens (primary N) is 3. The lowest BCUT2D eigenvalue weighted by Gasteiger charge is -2.37. The number of anilines is 1. The average molecular weight is 590 g/mol. The number of hydrogen-bond donors (Lipinski definition) is 4. The van der Waals surface area contributed by atoms with Gasteiger partial charge in [0.25, 0.3) is 5.91 Å². The number of carbonyl (C=O) groups is 3. The molecule has 2 aliphatic heterocycles. The summed E-state index contributed by atoms with van der Waals surface area (Å²) < 4.78 is 12.1. The molecule has 6 rings (SSSR count). The average Bonchev–Trinajstić information content (AvgIpc) is 3.64. The van der Waals surface area contributed by atoms with Crippen molar-refractivity contribution in [2.24, 2.45) is 11.5 Å². The van der Waals surface area contributed by atoms with Crippen LogP contribution in [0.25, 0.3) is 10.1 Å². The van der Waals surface area contributed by atoms with Gasteiger partial charge in [0, 0.05) is 42.2 Å². The van der Waals surface area contributed by atoms with Gasteiger partial charge in [0.05, 0.1) is 28.8 Å². The third kappa shape index (κ3) is 4.57. The Morgan fingerprint density at radius 1 is 1.24 bits per heavy atom. The summed E-state index contributed by atoms with van der Waals surface area (Å²) in [7, 11) is 0. The van der Waals surface area contributed by atoms with Gasteiger partial charge in [0.15, 0.2) is 5.78 Å². The summed E-state index contributed by atoms with van der Waals surface area (Å²) in [4.78, 5) is 42.0. The Labute approximate surface area is 247 Å². The number of ketones is 1. The number of ether oxygens (including phenoxy) is 2. The smallest absolute Gasteiger partial charge is 0.262 e. The van der Waals surface area contributed by atoms with Crippen molar-refractivity contribution in [2.45, 2.75) is 49.9 Å². The number of aryl methyl sites for hydroxylation is 1. The highest BCUT2D eigenvalue weighted by molar-refractivity contribution is 7.21. The third-order valence-corrected chi connectivity index (χ3v) is 9.83. The summed E-state index contributed by atoms with van der Waals surface area (Å²) >= 11 is 1.21. The lowest BCUT2D eigenvalue weighted by molar-refractivity contribution is -0.127. The van der Waals surface area contributed by atoms with Gasteiger partial charge in [-0.3, -0.25) is 14.4 Å². The van der Waals surface area contributed by atoms with Crippen molar-refractivity contribution in [1.29, 1.82) is 0 Å². The van der Waals surface area contributed by atoms with Gasteiger partial charge in [-0.25, -0.2) is 0 Å². The van der Waals surface area contributed by atoms with E-state index >= 15 is 0 Å². The number of piperidine rings is 1. The summed E-state index contributed by atoms with van der Waals surface area (Å²) in [5.74, 6) is -0.250. The van der Waals surface area contributed by atoms with Gasteiger partial charge in [-0.1, -0.05) is 18.7 Å². The fourth-order valence-corrected chi connectivity index (χ4v) is 7.66. The predicted molar refractivity (Wildman–Crippen MR) is 161 cm³/mol. The van der Waals surface area contributed by atoms with E-state index < -0.39 is 17.4 Å². The summed E-state index contributed by atoms with van der Waals surface area (Å²) in [6.07, 6.45) is 3.57. The molecule has 10 nitrogen and oxygen atoms in total. The van der Waals surface area contributed by atoms with Crippen LogP contribution < -0.4 is 27.3 Å². The Morgan fingerprint density at radius 2 is 2.02 bits per heavy atom. The van der Waals surface area contributed by atoms with Gasteiger partial charge >= 0.3 is 0 Å². The Morgan fingerprint density at radius 3 is 2.74 bits per heavy atom. The van der Waals surface area contributed by atoms with E-state index in [2.05, 4.69) is 11.9 Å². The van der Waals surface area contributed by atoms with Crippen molar-refractivity contribution in [2.75, 3.05) is 32.0 Å². The van der Waals surface area contributed by atoms with E-state index in [0.717, 1.165) is 24.8 Å². The number of likely N-dealkylation sites (tertiary alicyclic amines) is 1. The van der Waals surface area contributed by atoms with Crippen LogP contribution in [0.3, 0.4) is 0 Å². The molecule has 3 aromatic rings. The standard InChI is InChI=1S/C31H35N5O5S/c1-3-23(37)36-11-4-5-17(14-36)35-30(39)28-25-24-21(8-9-22(32)27(24)42-28)31(34,29(38)26(25)33)20-7-6-18(13-16(20)2)41-19-10-12-40-15-19/h3,6-9,13,17,19,26H,1,4-5,10-12,14-15,32-34H2,2H3,(H,35,39)/t17-,19-,26?,31?/m1/s1. The SMILES string of the molecule is C=CC(=O)N1CCC[C@@H](NC(=O)c2sc3c(N)ccc4c3c2C(N)C(=O)C4(N)c2ccc(O[C@@H]3CCOC3)cc2C)C1. The van der Waals surface area contributed by atoms with Crippen molar-refractivity contribution >= 4 is 44.7 Å². The number of benzene rings is 2. The Kier molecular flexibility index (Phi) is 7.30. The van der Waals surface area contributed by atoms with Crippen molar-refractivity contribution < 1.29 is 23.9 Å². The Balaban J connectivity index is 1.38. The number of rotatable bonds is 6. The highest BCUT2D eigenvalue weighted by atomic mass is 32.1. The van der Waals surface area contributed by atoms with Crippen LogP contribution in [0.2, 0.25) is 0 Å². The number of nitrogens with one attached hydrogen (secondary N) is 1. The molecule has 2 unspecified atom stereocenters. The first-order valence-electron chi connectivity index (χ1n) is 14.1. The first-order valence-corrected chi connectivity index (χ1v) is 15.0. The number of hydrogen-bond acceptors (Lipinski definition) is 9. The van der Waals surface area contributed by atoms with Crippen molar-refractivity contribution in [3.8, 4) is 5.75 Å². The highest BCUT2D eigenvalue weighted by Gasteiger charge is 2.49. The van der Waals surface area contributed by atoms with E-state index in [0.29, 0.717) is 69.4 Å². The van der Waals surface area contributed by atoms with Crippen molar-refractivity contribution in [3.05, 3.63) is 70.1 Å². The topological polar surface area (TPSA) is 163 Å². The summed E-state index contributed by atoms with van der Waals surface area (Å²) in [5.41, 5.74) is 21.4. The molecule has 42 heavy (non-hydrogen) atoms. The molecular weight excluding hydrogens is 554 g/mol. The second-order valence-electron chi connectivity index (χ2n) is 11.3. The zero-order valence-electron chi connectivity index (χ0n) is 23.5. The second kappa shape index (κ2) is 10.8. The molecule has 0 radical (unpaired) electrons. The Bertz CT molecular complexity index is 1610. The van der Waals surface area contributed by atoms with Gasteiger partial charge in [0.2, 0.25) is 5.91 Å². The minimum absolute atomic E-state index is 0.0133. The van der Waals surface area contributed by atoms with E-state index in [4.69, 9.17) is 26.7 Å². The summed E-state index contributed by atoms with van der Waals surface area (Å²) in [6, 6.07) is 7.61. The molecule has 2 amide bonds. The third-order valence-electron chi connectivity index (χ3n) is 8.58. The molecule has 1 aliphatic carbocycles. The number of Topliss-reactive ketones (excluding diaryl/α,β-unsaturated/α-hetero) is 1. The molecule has 2 saturated heterocycles. The van der Waals surface area contributed by atoms with Gasteiger partial charge in [-0.2, -0.15) is 0 Å². The van der Waals surface area contributed by atoms with Crippen molar-refractivity contribution in [1.82, 2.24) is 10.2 Å². The molecule has 3 heterocycles. The van der Waals surface area contributed by atoms with E-state index in [1.807, 2.05) is 25.1 Å². The van der Waals surface area contributed by atoms with Crippen LogP contribution in [0.1, 0.15) is 57.2 Å². The first kappa shape index (κ1) is 28.4. The van der Waals surface area contributed by atoms with E-state index in [1.165, 1.54) is 17.4 Å². The van der Waals surface area contributed by atoms with Crippen LogP contribution in [0.5, 0.6) is 5.75 Å². The van der Waals surface area contributed by atoms with E-state index in [-0.39, 0.29) is 24.0 Å². The molecule has 1 aromatic heterocycles. The normalized spacial score (nSPS) is 25.5. The minimum atomic E-state index is -1.55. The maximum absolute atomic E-state index is 14.2. The monoisotopic (exact) mass is 589 g/mol. The van der Waals surface area contributed by atoms with E-state index in [1.54, 1.807) is 17.0 Å². The zero-order valence-corrected chi connectivity index (χ0v) is 24.3. The lowest BCUT2D eigenvalue weighted by atomic mass is 9.69. The molecule has 2 fully saturated rings. The molecular formula is C31H35N5O5S. The van der Waals surface area contributed by atoms with Gasteiger partial charge in [0.1, 0.15) is 17.4 Å². The van der Waals surface area contributed by atoms with Crippen LogP contribution >= 0.6 is 11.3 Å². The van der Waals surface area contributed by atoms with E-state index in [9.17, 15) is 14.4 Å². The molecule has 11 heteroatoms. The summed E-state index contributed by atoms with van der Waals surface area (Å²) in [5, 5.41) is 3.70. The largest absolute Gasteiger partial charge is 0.488 e. The molecule has 0 spiro atoms. The molecule has 0 bridgehead atoms. The molecule has 0 saturated carbocycles. The number of amides is 2. The first-order chi connectivity index (χ1) is 20.1. The molecule has 220 valence electrons. The molecule has 2 aromatic carbocycles. The fraction of sp³-hybridized carbons (Fsp3) is 0.387. The van der Waals surface area contributed by atoms with Crippen LogP contribution in [-0.2, 0) is 19.9 Å². The van der Waals surface area contributed by atoms with Crippen LogP contribution in [-0.4, -0.2) is 60.9 Å². The fourth-order valence-electron chi connectivity index (χ4n) is 6.45. The van der Waals surface area contributed by atoms with Crippen LogP contribution in [0.15, 0.2) is 43.0 Å². The second-order valence-corrected chi connectivity index (χ2v) is 12.3. The Hall–Kier alpha value is -3.77. The number of thiophene rings is 1. The lowest BCUT2D eigenvalue weighted by Crippen LogP contribution is -2.53. The molecule has 4 atom stereocenters. The number of nitrogens with zero attached hydrogens (tertiary/aromatic N) is 1. The quantitative estimate of drug-likeness (QED) is 0.252. The van der Waals surface area contributed by atoms with Crippen molar-refractivity contribution in [3.63, 3.8) is 0 Å². The minimum Gasteiger partial charge on any atom is -0.488 e. The number of carbonyl (C=O) groups excluding carboxylic acids is 3. The molecule has 7 N–H and O–H groups in total. The van der Waals surface area contributed by atoms with Crippen LogP contribution in [0, 0.1) is 6.92 Å². The maximum atomic E-state index is 14.2. The highest BCUT2D eigenvalue weighted by Crippen LogP contribution is 2.50. The zero-order chi connectivity index (χ0) is 29.8.